The van der Waals surface area contributed by atoms with E-state index in [1.807, 2.05) is 168 Å². The molecule has 7 aromatic rings. The molecule has 0 bridgehead atoms. The van der Waals surface area contributed by atoms with E-state index in [2.05, 4.69) is 106 Å². The van der Waals surface area contributed by atoms with Gasteiger partial charge in [0.2, 0.25) is 0 Å². The summed E-state index contributed by atoms with van der Waals surface area (Å²) in [6, 6.07) is 54.9. The first kappa shape index (κ1) is 51.6. The van der Waals surface area contributed by atoms with E-state index < -0.39 is 0 Å². The van der Waals surface area contributed by atoms with Crippen molar-refractivity contribution < 1.29 is 18.9 Å². The smallest absolute Gasteiger partial charge is 0.194 e. The fourth-order valence-electron chi connectivity index (χ4n) is 7.89. The first-order valence-electron chi connectivity index (χ1n) is 24.3. The highest BCUT2D eigenvalue weighted by atomic mass is 16.5. The summed E-state index contributed by atoms with van der Waals surface area (Å²) in [6.45, 7) is 32.5. The Morgan fingerprint density at radius 2 is 0.653 bits per heavy atom. The van der Waals surface area contributed by atoms with Crippen LogP contribution in [0.4, 0.5) is 39.8 Å². The van der Waals surface area contributed by atoms with Gasteiger partial charge in [0.15, 0.2) is 5.69 Å². The highest BCUT2D eigenvalue weighted by Gasteiger charge is 2.19. The van der Waals surface area contributed by atoms with Gasteiger partial charge < -0.3 is 28.7 Å². The van der Waals surface area contributed by atoms with Crippen molar-refractivity contribution in [2.24, 2.45) is 0 Å². The highest BCUT2D eigenvalue weighted by Crippen LogP contribution is 2.39. The average Bonchev–Trinajstić information content (AvgIpc) is 3.31. The number of hydrogen-bond acceptors (Lipinski definition) is 7. The van der Waals surface area contributed by atoms with Gasteiger partial charge in [-0.25, -0.2) is 4.85 Å². The van der Waals surface area contributed by atoms with Crippen LogP contribution >= 0.6 is 0 Å². The Balaban J connectivity index is 1.11. The van der Waals surface area contributed by atoms with Crippen LogP contribution in [0.15, 0.2) is 158 Å². The fraction of sp³-hybridized carbons (Fsp3) is 0.250. The lowest BCUT2D eigenvalue weighted by molar-refractivity contribution is 0.130. The Morgan fingerprint density at radius 3 is 0.903 bits per heavy atom. The molecule has 0 radical (unpaired) electrons. The first-order chi connectivity index (χ1) is 34.0. The number of nitriles is 1. The third-order valence-electron chi connectivity index (χ3n) is 10.7. The van der Waals surface area contributed by atoms with Crippen molar-refractivity contribution in [1.82, 2.24) is 0 Å². The van der Waals surface area contributed by atoms with Crippen molar-refractivity contribution in [2.45, 2.75) is 105 Å². The van der Waals surface area contributed by atoms with Gasteiger partial charge in [0, 0.05) is 34.1 Å². The van der Waals surface area contributed by atoms with E-state index in [1.165, 1.54) is 0 Å². The maximum absolute atomic E-state index is 10.3. The quantitative estimate of drug-likeness (QED) is 0.0794. The molecular weight excluding hydrogens is 889 g/mol. The molecule has 0 aliphatic heterocycles. The number of ether oxygens (including phenoxy) is 4. The number of nitrogens with zero attached hydrogens (tertiary/aromatic N) is 4. The summed E-state index contributed by atoms with van der Waals surface area (Å²) < 4.78 is 24.5. The molecule has 366 valence electrons. The molecule has 0 aromatic heterocycles. The lowest BCUT2D eigenvalue weighted by atomic mass is 10.0. The summed E-state index contributed by atoms with van der Waals surface area (Å²) in [6.07, 6.45) is 7.74. The second kappa shape index (κ2) is 21.4. The Bertz CT molecular complexity index is 2740. The van der Waals surface area contributed by atoms with Gasteiger partial charge >= 0.3 is 0 Å². The Hall–Kier alpha value is -8.20. The number of anilines is 6. The predicted octanol–water partition coefficient (Wildman–Crippen LogP) is 18.1. The van der Waals surface area contributed by atoms with Gasteiger partial charge in [-0.2, -0.15) is 5.26 Å². The zero-order chi connectivity index (χ0) is 51.8. The molecule has 7 aromatic carbocycles. The van der Waals surface area contributed by atoms with Gasteiger partial charge in [-0.1, -0.05) is 48.6 Å². The fourth-order valence-corrected chi connectivity index (χ4v) is 7.89. The van der Waals surface area contributed by atoms with Gasteiger partial charge in [0.1, 0.15) is 45.4 Å². The normalized spacial score (nSPS) is 12.0. The lowest BCUT2D eigenvalue weighted by Gasteiger charge is -2.27. The van der Waals surface area contributed by atoms with Crippen LogP contribution in [0.1, 0.15) is 111 Å². The molecule has 0 saturated carbocycles. The van der Waals surface area contributed by atoms with Crippen molar-refractivity contribution in [3.05, 3.63) is 197 Å². The second-order valence-corrected chi connectivity index (χ2v) is 21.6. The van der Waals surface area contributed by atoms with Gasteiger partial charge in [0.05, 0.1) is 18.2 Å². The molecule has 0 atom stereocenters. The highest BCUT2D eigenvalue weighted by molar-refractivity contribution is 5.84. The van der Waals surface area contributed by atoms with Crippen LogP contribution in [0.3, 0.4) is 0 Å². The van der Waals surface area contributed by atoms with Gasteiger partial charge in [-0.05, 0) is 239 Å². The molecule has 8 nitrogen and oxygen atoms in total. The van der Waals surface area contributed by atoms with E-state index in [4.69, 9.17) is 25.5 Å². The molecule has 72 heavy (non-hydrogen) atoms. The molecule has 0 amide bonds. The molecule has 0 saturated heterocycles. The maximum atomic E-state index is 10.3. The molecule has 0 N–H and O–H groups in total. The van der Waals surface area contributed by atoms with Crippen molar-refractivity contribution in [3.8, 4) is 29.1 Å². The predicted molar refractivity (Wildman–Crippen MR) is 299 cm³/mol. The third kappa shape index (κ3) is 14.4. The minimum atomic E-state index is -0.313. The third-order valence-corrected chi connectivity index (χ3v) is 10.7. The maximum Gasteiger partial charge on any atom is 0.194 e. The molecule has 0 aliphatic carbocycles. The van der Waals surface area contributed by atoms with E-state index in [0.29, 0.717) is 22.4 Å². The first-order valence-corrected chi connectivity index (χ1v) is 24.3. The van der Waals surface area contributed by atoms with Crippen LogP contribution in [0.5, 0.6) is 23.0 Å². The van der Waals surface area contributed by atoms with Crippen molar-refractivity contribution in [3.63, 3.8) is 0 Å². The summed E-state index contributed by atoms with van der Waals surface area (Å²) in [7, 11) is 0. The molecule has 8 heteroatoms. The van der Waals surface area contributed by atoms with Crippen LogP contribution in [0, 0.1) is 17.9 Å². The Labute approximate surface area is 427 Å². The van der Waals surface area contributed by atoms with Crippen LogP contribution < -0.4 is 28.7 Å². The molecule has 0 aliphatic rings. The van der Waals surface area contributed by atoms with Crippen molar-refractivity contribution in [1.29, 1.82) is 5.26 Å². The minimum absolute atomic E-state index is 0.313. The van der Waals surface area contributed by atoms with E-state index in [-0.39, 0.29) is 22.4 Å². The monoisotopic (exact) mass is 955 g/mol. The standard InChI is InChI=1S/C64H66N4O4/c1-61(2,3)69-56-34-26-52(27-35-56)67(53-28-36-57(37-29-53)70-62(4,5)6)50-22-16-45(17-23-50)14-20-47-43-60(66-13)48(42-49(47)44-65)21-15-46-18-24-51(25-19-46)68(54-30-38-58(39-31-54)71-63(7,8)9)55-32-40-59(41-33-55)72-64(10,11)12/h14-43H,1-12H3. The topological polar surface area (TPSA) is 71.6 Å². The SMILES string of the molecule is [C-]#[N+]c1cc(C=Cc2ccc(N(c3ccc(OC(C)(C)C)cc3)c3ccc(OC(C)(C)C)cc3)cc2)c(C#N)cc1C=Cc1ccc(N(c2ccc(OC(C)(C)C)cc2)c2ccc(OC(C)(C)C)cc2)cc1. The Kier molecular flexibility index (Phi) is 15.4. The summed E-state index contributed by atoms with van der Waals surface area (Å²) >= 11 is 0. The summed E-state index contributed by atoms with van der Waals surface area (Å²) in [5, 5.41) is 10.3. The zero-order valence-corrected chi connectivity index (χ0v) is 43.7. The minimum Gasteiger partial charge on any atom is -0.488 e. The molecule has 7 rings (SSSR count). The van der Waals surface area contributed by atoms with Crippen LogP contribution in [0.2, 0.25) is 0 Å². The van der Waals surface area contributed by atoms with E-state index in [0.717, 1.165) is 68.2 Å². The average molecular weight is 955 g/mol. The number of rotatable bonds is 14. The molecular formula is C64H66N4O4. The van der Waals surface area contributed by atoms with Crippen LogP contribution in [-0.2, 0) is 0 Å². The lowest BCUT2D eigenvalue weighted by Crippen LogP contribution is -2.23. The van der Waals surface area contributed by atoms with Crippen LogP contribution in [0.25, 0.3) is 29.1 Å². The molecule has 0 heterocycles. The largest absolute Gasteiger partial charge is 0.488 e. The van der Waals surface area contributed by atoms with Crippen molar-refractivity contribution in [2.75, 3.05) is 9.80 Å². The summed E-state index contributed by atoms with van der Waals surface area (Å²) in [4.78, 5) is 8.25. The van der Waals surface area contributed by atoms with E-state index in [1.54, 1.807) is 12.1 Å². The molecule has 0 spiro atoms. The number of hydrogen-bond donors (Lipinski definition) is 0. The summed E-state index contributed by atoms with van der Waals surface area (Å²) in [5.74, 6) is 3.19. The molecule has 0 unspecified atom stereocenters. The molecule has 0 fully saturated rings. The Morgan fingerprint density at radius 1 is 0.389 bits per heavy atom. The van der Waals surface area contributed by atoms with E-state index >= 15 is 0 Å². The summed E-state index contributed by atoms with van der Waals surface area (Å²) in [5.41, 5.74) is 8.72. The van der Waals surface area contributed by atoms with E-state index in [9.17, 15) is 5.26 Å². The van der Waals surface area contributed by atoms with Crippen molar-refractivity contribution >= 4 is 64.1 Å². The number of benzene rings is 7. The zero-order valence-electron chi connectivity index (χ0n) is 43.7. The van der Waals surface area contributed by atoms with Gasteiger partial charge in [-0.15, -0.1) is 0 Å². The van der Waals surface area contributed by atoms with Crippen LogP contribution in [-0.4, -0.2) is 22.4 Å². The second-order valence-electron chi connectivity index (χ2n) is 21.6. The van der Waals surface area contributed by atoms with Gasteiger partial charge in [-0.3, -0.25) is 0 Å². The van der Waals surface area contributed by atoms with Gasteiger partial charge in [0.25, 0.3) is 0 Å².